The second-order valence-corrected chi connectivity index (χ2v) is 6.55. The number of thiophene rings is 1. The molecule has 0 saturated carbocycles. The molecule has 0 saturated heterocycles. The number of benzene rings is 1. The number of aromatic nitrogens is 1. The molecule has 3 rings (SSSR count). The summed E-state index contributed by atoms with van der Waals surface area (Å²) in [4.78, 5) is 6.41. The third kappa shape index (κ3) is 2.43. The summed E-state index contributed by atoms with van der Waals surface area (Å²) >= 11 is 5.10. The van der Waals surface area contributed by atoms with Crippen LogP contribution in [-0.2, 0) is 0 Å². The molecule has 2 aromatic heterocycles. The average molecular weight is 334 g/mol. The third-order valence-electron chi connectivity index (χ3n) is 3.09. The van der Waals surface area contributed by atoms with Gasteiger partial charge in [0.05, 0.1) is 5.52 Å². The van der Waals surface area contributed by atoms with Crippen molar-refractivity contribution in [2.75, 3.05) is 0 Å². The quantitative estimate of drug-likeness (QED) is 0.751. The third-order valence-corrected chi connectivity index (χ3v) is 5.28. The smallest absolute Gasteiger partial charge is 0.113 e. The summed E-state index contributed by atoms with van der Waals surface area (Å²) in [5, 5.41) is 11.5. The van der Waals surface area contributed by atoms with Crippen LogP contribution in [0.4, 0.5) is 0 Å². The fraction of sp³-hybridized carbons (Fsp3) is 0.133. The number of pyridine rings is 1. The lowest BCUT2D eigenvalue weighted by Crippen LogP contribution is -1.96. The molecule has 96 valence electrons. The summed E-state index contributed by atoms with van der Waals surface area (Å²) in [6, 6.07) is 11.8. The van der Waals surface area contributed by atoms with E-state index in [0.717, 1.165) is 25.8 Å². The number of hydrogen-bond donors (Lipinski definition) is 1. The molecule has 0 bridgehead atoms. The van der Waals surface area contributed by atoms with Gasteiger partial charge in [-0.3, -0.25) is 4.98 Å². The maximum absolute atomic E-state index is 10.5. The van der Waals surface area contributed by atoms with Crippen LogP contribution in [0.25, 0.3) is 10.9 Å². The van der Waals surface area contributed by atoms with Crippen molar-refractivity contribution in [3.05, 3.63) is 62.4 Å². The summed E-state index contributed by atoms with van der Waals surface area (Å²) < 4.78 is 1.05. The van der Waals surface area contributed by atoms with E-state index in [4.69, 9.17) is 0 Å². The second-order valence-electron chi connectivity index (χ2n) is 4.41. The first kappa shape index (κ1) is 12.8. The Kier molecular flexibility index (Phi) is 3.39. The van der Waals surface area contributed by atoms with Gasteiger partial charge < -0.3 is 5.11 Å². The molecule has 2 heterocycles. The summed E-state index contributed by atoms with van der Waals surface area (Å²) in [5.41, 5.74) is 1.84. The number of rotatable bonds is 2. The number of hydrogen-bond acceptors (Lipinski definition) is 3. The molecule has 3 aromatic rings. The van der Waals surface area contributed by atoms with Gasteiger partial charge in [-0.1, -0.05) is 12.1 Å². The van der Waals surface area contributed by atoms with Crippen molar-refractivity contribution in [3.8, 4) is 0 Å². The van der Waals surface area contributed by atoms with Crippen molar-refractivity contribution >= 4 is 38.2 Å². The molecule has 4 heteroatoms. The van der Waals surface area contributed by atoms with Gasteiger partial charge in [-0.25, -0.2) is 0 Å². The first-order valence-corrected chi connectivity index (χ1v) is 7.54. The Balaban J connectivity index is 2.03. The Morgan fingerprint density at radius 3 is 2.84 bits per heavy atom. The highest BCUT2D eigenvalue weighted by molar-refractivity contribution is 9.10. The van der Waals surface area contributed by atoms with Crippen LogP contribution in [0, 0.1) is 6.92 Å². The summed E-state index contributed by atoms with van der Waals surface area (Å²) in [5.74, 6) is 0. The van der Waals surface area contributed by atoms with Crippen LogP contribution in [-0.4, -0.2) is 10.1 Å². The zero-order chi connectivity index (χ0) is 13.4. The summed E-state index contributed by atoms with van der Waals surface area (Å²) in [7, 11) is 0. The minimum Gasteiger partial charge on any atom is -0.383 e. The molecule has 0 aliphatic carbocycles. The highest BCUT2D eigenvalue weighted by Gasteiger charge is 2.14. The van der Waals surface area contributed by atoms with Crippen LogP contribution >= 0.6 is 27.3 Å². The minimum absolute atomic E-state index is 0.584. The van der Waals surface area contributed by atoms with Gasteiger partial charge in [0.25, 0.3) is 0 Å². The topological polar surface area (TPSA) is 33.1 Å². The lowest BCUT2D eigenvalue weighted by Gasteiger charge is -2.09. The van der Waals surface area contributed by atoms with E-state index in [1.807, 2.05) is 43.3 Å². The van der Waals surface area contributed by atoms with Crippen molar-refractivity contribution < 1.29 is 5.11 Å². The van der Waals surface area contributed by atoms with E-state index in [1.165, 1.54) is 4.88 Å². The molecule has 1 unspecified atom stereocenters. The van der Waals surface area contributed by atoms with E-state index in [9.17, 15) is 5.11 Å². The highest BCUT2D eigenvalue weighted by Crippen LogP contribution is 2.34. The first-order valence-electron chi connectivity index (χ1n) is 5.94. The Bertz CT molecular complexity index is 718. The van der Waals surface area contributed by atoms with Gasteiger partial charge >= 0.3 is 0 Å². The molecule has 0 amide bonds. The number of aliphatic hydroxyl groups excluding tert-OH is 1. The monoisotopic (exact) mass is 333 g/mol. The van der Waals surface area contributed by atoms with Crippen molar-refractivity contribution in [2.24, 2.45) is 0 Å². The molecule has 0 fully saturated rings. The Labute approximate surface area is 123 Å². The Hall–Kier alpha value is -1.23. The predicted octanol–water partition coefficient (Wildman–Crippen LogP) is 4.45. The van der Waals surface area contributed by atoms with E-state index in [0.29, 0.717) is 0 Å². The maximum Gasteiger partial charge on any atom is 0.113 e. The SMILES string of the molecule is Cc1sc(C(O)c2ccc3ncccc3c2)cc1Br. The molecule has 0 aliphatic heterocycles. The summed E-state index contributed by atoms with van der Waals surface area (Å²) in [6.07, 6.45) is 1.19. The van der Waals surface area contributed by atoms with Gasteiger partial charge in [-0.2, -0.15) is 0 Å². The standard InChI is InChI=1S/C15H12BrNOS/c1-9-12(16)8-14(19-9)15(18)11-4-5-13-10(7-11)3-2-6-17-13/h2-8,15,18H,1H3. The normalized spacial score (nSPS) is 12.8. The van der Waals surface area contributed by atoms with Gasteiger partial charge in [0.2, 0.25) is 0 Å². The molecule has 0 spiro atoms. The van der Waals surface area contributed by atoms with E-state index >= 15 is 0 Å². The molecule has 0 aliphatic rings. The molecular weight excluding hydrogens is 322 g/mol. The fourth-order valence-corrected chi connectivity index (χ4v) is 3.62. The second kappa shape index (κ2) is 5.04. The molecule has 1 aromatic carbocycles. The Morgan fingerprint density at radius 2 is 2.11 bits per heavy atom. The Morgan fingerprint density at radius 1 is 1.26 bits per heavy atom. The maximum atomic E-state index is 10.5. The first-order chi connectivity index (χ1) is 9.15. The van der Waals surface area contributed by atoms with Crippen LogP contribution in [0.2, 0.25) is 0 Å². The van der Waals surface area contributed by atoms with Crippen molar-refractivity contribution in [2.45, 2.75) is 13.0 Å². The van der Waals surface area contributed by atoms with Gasteiger partial charge in [0.1, 0.15) is 6.10 Å². The van der Waals surface area contributed by atoms with Crippen molar-refractivity contribution in [1.82, 2.24) is 4.98 Å². The molecule has 19 heavy (non-hydrogen) atoms. The highest BCUT2D eigenvalue weighted by atomic mass is 79.9. The van der Waals surface area contributed by atoms with E-state index in [1.54, 1.807) is 17.5 Å². The van der Waals surface area contributed by atoms with Crippen LogP contribution in [0.15, 0.2) is 47.1 Å². The van der Waals surface area contributed by atoms with Crippen LogP contribution in [0.5, 0.6) is 0 Å². The van der Waals surface area contributed by atoms with Gasteiger partial charge in [0, 0.05) is 25.8 Å². The summed E-state index contributed by atoms with van der Waals surface area (Å²) in [6.45, 7) is 2.04. The molecule has 0 radical (unpaired) electrons. The molecule has 2 nitrogen and oxygen atoms in total. The van der Waals surface area contributed by atoms with Crippen molar-refractivity contribution in [3.63, 3.8) is 0 Å². The van der Waals surface area contributed by atoms with E-state index < -0.39 is 6.10 Å². The molecular formula is C15H12BrNOS. The van der Waals surface area contributed by atoms with Crippen molar-refractivity contribution in [1.29, 1.82) is 0 Å². The van der Waals surface area contributed by atoms with Gasteiger partial charge in [-0.15, -0.1) is 11.3 Å². The van der Waals surface area contributed by atoms with E-state index in [2.05, 4.69) is 20.9 Å². The number of nitrogens with zero attached hydrogens (tertiary/aromatic N) is 1. The largest absolute Gasteiger partial charge is 0.383 e. The fourth-order valence-electron chi connectivity index (χ4n) is 2.04. The molecule has 1 N–H and O–H groups in total. The zero-order valence-electron chi connectivity index (χ0n) is 10.3. The number of aryl methyl sites for hydroxylation is 1. The number of halogens is 1. The number of aliphatic hydroxyl groups is 1. The van der Waals surface area contributed by atoms with Crippen LogP contribution in [0.3, 0.4) is 0 Å². The van der Waals surface area contributed by atoms with Gasteiger partial charge in [0.15, 0.2) is 0 Å². The predicted molar refractivity (Wildman–Crippen MR) is 82.6 cm³/mol. The lowest BCUT2D eigenvalue weighted by atomic mass is 10.1. The van der Waals surface area contributed by atoms with E-state index in [-0.39, 0.29) is 0 Å². The average Bonchev–Trinajstić information content (AvgIpc) is 2.77. The van der Waals surface area contributed by atoms with Gasteiger partial charge in [-0.05, 0) is 52.7 Å². The zero-order valence-corrected chi connectivity index (χ0v) is 12.7. The van der Waals surface area contributed by atoms with Crippen LogP contribution in [0.1, 0.15) is 21.4 Å². The molecule has 1 atom stereocenters. The lowest BCUT2D eigenvalue weighted by molar-refractivity contribution is 0.224. The minimum atomic E-state index is -0.584. The van der Waals surface area contributed by atoms with Crippen LogP contribution < -0.4 is 0 Å². The number of fused-ring (bicyclic) bond motifs is 1.